The number of nitrogens with zero attached hydrogens (tertiary/aromatic N) is 5. The average Bonchev–Trinajstić information content (AvgIpc) is 3.03. The molecule has 248 valence electrons. The van der Waals surface area contributed by atoms with Gasteiger partial charge in [0.25, 0.3) is 0 Å². The second kappa shape index (κ2) is 13.7. The highest BCUT2D eigenvalue weighted by Gasteiger charge is 2.41. The number of hydrogen-bond acceptors (Lipinski definition) is 6. The third kappa shape index (κ3) is 7.83. The number of morpholine rings is 1. The molecule has 3 aromatic rings. The van der Waals surface area contributed by atoms with Crippen molar-refractivity contribution in [2.45, 2.75) is 69.6 Å². The molecule has 2 aliphatic rings. The van der Waals surface area contributed by atoms with E-state index in [-0.39, 0.29) is 37.0 Å². The van der Waals surface area contributed by atoms with Crippen LogP contribution in [0.15, 0.2) is 60.9 Å². The molecule has 0 radical (unpaired) electrons. The van der Waals surface area contributed by atoms with E-state index in [4.69, 9.17) is 4.74 Å². The normalized spacial score (nSPS) is 20.9. The Bertz CT molecular complexity index is 1430. The number of alkyl halides is 6. The second-order valence-electron chi connectivity index (χ2n) is 11.6. The van der Waals surface area contributed by atoms with E-state index in [2.05, 4.69) is 9.97 Å². The van der Waals surface area contributed by atoms with Crippen molar-refractivity contribution < 1.29 is 41.0 Å². The fourth-order valence-electron chi connectivity index (χ4n) is 6.37. The molecule has 5 rings (SSSR count). The third-order valence-corrected chi connectivity index (χ3v) is 8.58. The van der Waals surface area contributed by atoms with E-state index in [1.807, 2.05) is 42.2 Å². The number of halogens is 6. The van der Waals surface area contributed by atoms with Gasteiger partial charge in [-0.1, -0.05) is 37.3 Å². The van der Waals surface area contributed by atoms with Crippen molar-refractivity contribution >= 4 is 17.7 Å². The molecule has 46 heavy (non-hydrogen) atoms. The standard InChI is InChI=1S/C32H35F6N5O3/c1-2-25-16-26(17-27(43(25)30(44)45)14-21-6-4-3-5-7-21)42(29-39-18-28(19-40-29)41-8-10-46-11-9-41)20-22-12-23(31(33,34)35)15-24(13-22)32(36,37)38/h3-7,12-13,15,18-19,25-27H,2,8-11,14,16-17,20H2,1H3,(H,44,45). The number of ether oxygens (including phenoxy) is 1. The Morgan fingerprint density at radius 2 is 1.50 bits per heavy atom. The van der Waals surface area contributed by atoms with Crippen LogP contribution in [0.2, 0.25) is 0 Å². The minimum atomic E-state index is -5.00. The zero-order chi connectivity index (χ0) is 33.1. The summed E-state index contributed by atoms with van der Waals surface area (Å²) in [5.41, 5.74) is -1.42. The van der Waals surface area contributed by atoms with E-state index in [1.165, 1.54) is 4.90 Å². The molecular weight excluding hydrogens is 616 g/mol. The first-order valence-corrected chi connectivity index (χ1v) is 15.1. The first-order chi connectivity index (χ1) is 21.8. The Labute approximate surface area is 262 Å². The number of anilines is 2. The molecule has 0 spiro atoms. The molecule has 1 aromatic heterocycles. The van der Waals surface area contributed by atoms with Crippen molar-refractivity contribution in [3.05, 3.63) is 83.2 Å². The van der Waals surface area contributed by atoms with Crippen LogP contribution in [0.4, 0.5) is 42.8 Å². The molecule has 1 N–H and O–H groups in total. The van der Waals surface area contributed by atoms with Crippen LogP contribution in [-0.2, 0) is 30.1 Å². The zero-order valence-electron chi connectivity index (χ0n) is 25.1. The first kappa shape index (κ1) is 33.3. The lowest BCUT2D eigenvalue weighted by molar-refractivity contribution is -0.143. The van der Waals surface area contributed by atoms with E-state index in [9.17, 15) is 36.2 Å². The summed E-state index contributed by atoms with van der Waals surface area (Å²) in [5, 5.41) is 10.2. The molecule has 14 heteroatoms. The quantitative estimate of drug-likeness (QED) is 0.266. The van der Waals surface area contributed by atoms with Gasteiger partial charge in [0.1, 0.15) is 0 Å². The number of carbonyl (C=O) groups is 1. The Hall–Kier alpha value is -4.07. The van der Waals surface area contributed by atoms with Gasteiger partial charge in [-0.15, -0.1) is 0 Å². The van der Waals surface area contributed by atoms with Gasteiger partial charge in [-0.25, -0.2) is 14.8 Å². The maximum absolute atomic E-state index is 13.8. The van der Waals surface area contributed by atoms with Gasteiger partial charge in [0, 0.05) is 37.8 Å². The maximum Gasteiger partial charge on any atom is 0.416 e. The van der Waals surface area contributed by atoms with Gasteiger partial charge in [-0.05, 0) is 55.0 Å². The number of aromatic nitrogens is 2. The van der Waals surface area contributed by atoms with Crippen LogP contribution in [0.1, 0.15) is 48.4 Å². The SMILES string of the molecule is CCC1CC(N(Cc2cc(C(F)(F)F)cc(C(F)(F)F)c2)c2ncc(N3CCOCC3)cn2)CC(Cc2ccccc2)N1C(=O)O. The smallest absolute Gasteiger partial charge is 0.416 e. The number of rotatable bonds is 8. The molecule has 3 heterocycles. The van der Waals surface area contributed by atoms with E-state index in [0.29, 0.717) is 44.8 Å². The summed E-state index contributed by atoms with van der Waals surface area (Å²) in [5.74, 6) is 0.130. The summed E-state index contributed by atoms with van der Waals surface area (Å²) >= 11 is 0. The van der Waals surface area contributed by atoms with Gasteiger partial charge in [0.2, 0.25) is 5.95 Å². The summed E-state index contributed by atoms with van der Waals surface area (Å²) < 4.78 is 88.0. The van der Waals surface area contributed by atoms with Crippen LogP contribution < -0.4 is 9.80 Å². The van der Waals surface area contributed by atoms with Gasteiger partial charge in [0.15, 0.2) is 0 Å². The second-order valence-corrected chi connectivity index (χ2v) is 11.6. The topological polar surface area (TPSA) is 82.0 Å². The van der Waals surface area contributed by atoms with Crippen molar-refractivity contribution in [3.8, 4) is 0 Å². The predicted octanol–water partition coefficient (Wildman–Crippen LogP) is 6.89. The van der Waals surface area contributed by atoms with Crippen molar-refractivity contribution in [3.63, 3.8) is 0 Å². The van der Waals surface area contributed by atoms with Crippen LogP contribution in [0.3, 0.4) is 0 Å². The lowest BCUT2D eigenvalue weighted by Crippen LogP contribution is -2.57. The van der Waals surface area contributed by atoms with Crippen LogP contribution in [-0.4, -0.2) is 70.5 Å². The Balaban J connectivity index is 1.55. The Kier molecular flexibility index (Phi) is 9.94. The van der Waals surface area contributed by atoms with Crippen LogP contribution in [0.5, 0.6) is 0 Å². The third-order valence-electron chi connectivity index (χ3n) is 8.58. The van der Waals surface area contributed by atoms with E-state index in [1.54, 1.807) is 17.3 Å². The maximum atomic E-state index is 13.8. The Morgan fingerprint density at radius 1 is 0.913 bits per heavy atom. The molecule has 2 aliphatic heterocycles. The van der Waals surface area contributed by atoms with Crippen LogP contribution in [0, 0.1) is 0 Å². The van der Waals surface area contributed by atoms with Crippen molar-refractivity contribution in [2.75, 3.05) is 36.1 Å². The predicted molar refractivity (Wildman–Crippen MR) is 159 cm³/mol. The van der Waals surface area contributed by atoms with E-state index in [0.717, 1.165) is 17.7 Å². The highest BCUT2D eigenvalue weighted by molar-refractivity contribution is 5.66. The first-order valence-electron chi connectivity index (χ1n) is 15.1. The summed E-state index contributed by atoms with van der Waals surface area (Å²) in [6.45, 7) is 3.77. The summed E-state index contributed by atoms with van der Waals surface area (Å²) in [6.07, 6.45) is -6.54. The molecule has 2 fully saturated rings. The fraction of sp³-hybridized carbons (Fsp3) is 0.469. The summed E-state index contributed by atoms with van der Waals surface area (Å²) in [6, 6.07) is 9.40. The highest BCUT2D eigenvalue weighted by Crippen LogP contribution is 2.38. The monoisotopic (exact) mass is 651 g/mol. The average molecular weight is 652 g/mol. The number of carboxylic acid groups (broad SMARTS) is 1. The minimum Gasteiger partial charge on any atom is -0.465 e. The molecule has 0 saturated carbocycles. The minimum absolute atomic E-state index is 0.107. The molecule has 0 aliphatic carbocycles. The van der Waals surface area contributed by atoms with Crippen LogP contribution in [0.25, 0.3) is 0 Å². The van der Waals surface area contributed by atoms with Crippen molar-refractivity contribution in [1.29, 1.82) is 0 Å². The number of piperidine rings is 1. The number of benzene rings is 2. The molecule has 0 bridgehead atoms. The largest absolute Gasteiger partial charge is 0.465 e. The van der Waals surface area contributed by atoms with Crippen molar-refractivity contribution in [1.82, 2.24) is 14.9 Å². The zero-order valence-corrected chi connectivity index (χ0v) is 25.1. The summed E-state index contributed by atoms with van der Waals surface area (Å²) in [7, 11) is 0. The number of likely N-dealkylation sites (tertiary alicyclic amines) is 1. The molecule has 3 atom stereocenters. The number of amides is 1. The number of hydrogen-bond donors (Lipinski definition) is 1. The summed E-state index contributed by atoms with van der Waals surface area (Å²) in [4.78, 5) is 26.6. The Morgan fingerprint density at radius 3 is 2.04 bits per heavy atom. The fourth-order valence-corrected chi connectivity index (χ4v) is 6.37. The molecule has 8 nitrogen and oxygen atoms in total. The van der Waals surface area contributed by atoms with Gasteiger partial charge in [0.05, 0.1) is 42.4 Å². The molecule has 2 aromatic carbocycles. The lowest BCUT2D eigenvalue weighted by Gasteiger charge is -2.47. The van der Waals surface area contributed by atoms with Gasteiger partial charge >= 0.3 is 18.4 Å². The highest BCUT2D eigenvalue weighted by atomic mass is 19.4. The molecule has 3 unspecified atom stereocenters. The van der Waals surface area contributed by atoms with E-state index >= 15 is 0 Å². The molecule has 2 saturated heterocycles. The van der Waals surface area contributed by atoms with Gasteiger partial charge in [-0.2, -0.15) is 26.3 Å². The molecule has 1 amide bonds. The van der Waals surface area contributed by atoms with Gasteiger partial charge in [-0.3, -0.25) is 0 Å². The van der Waals surface area contributed by atoms with E-state index < -0.39 is 47.7 Å². The van der Waals surface area contributed by atoms with Gasteiger partial charge < -0.3 is 24.5 Å². The molecular formula is C32H35F6N5O3. The van der Waals surface area contributed by atoms with Crippen molar-refractivity contribution in [2.24, 2.45) is 0 Å². The lowest BCUT2D eigenvalue weighted by atomic mass is 9.86. The van der Waals surface area contributed by atoms with Crippen LogP contribution >= 0.6 is 0 Å².